The second-order valence-electron chi connectivity index (χ2n) is 5.92. The molecule has 1 N–H and O–H groups in total. The number of piperidine rings is 1. The maximum absolute atomic E-state index is 12.5. The van der Waals surface area contributed by atoms with Crippen molar-refractivity contribution >= 4 is 21.4 Å². The molecule has 0 saturated carbocycles. The molecule has 1 heterocycles. The molecule has 0 bridgehead atoms. The first-order valence-corrected chi connectivity index (χ1v) is 9.27. The normalized spacial score (nSPS) is 18.8. The van der Waals surface area contributed by atoms with E-state index in [1.54, 1.807) is 4.90 Å². The van der Waals surface area contributed by atoms with Gasteiger partial charge in [0.05, 0.1) is 10.8 Å². The number of hydrogen-bond acceptors (Lipinski definition) is 4. The number of rotatable bonds is 5. The molecular formula is C15H17F5N2O3S. The van der Waals surface area contributed by atoms with Crippen LogP contribution < -0.4 is 10.2 Å². The number of amides is 1. The van der Waals surface area contributed by atoms with Gasteiger partial charge in [-0.15, -0.1) is 0 Å². The van der Waals surface area contributed by atoms with Gasteiger partial charge in [0.25, 0.3) is 0 Å². The molecule has 1 fully saturated rings. The molecule has 2 rings (SSSR count). The van der Waals surface area contributed by atoms with Crippen molar-refractivity contribution in [2.75, 3.05) is 24.5 Å². The average molecular weight is 400 g/mol. The molecule has 0 aliphatic carbocycles. The van der Waals surface area contributed by atoms with Crippen molar-refractivity contribution < 1.29 is 35.2 Å². The molecule has 146 valence electrons. The Morgan fingerprint density at radius 3 is 2.38 bits per heavy atom. The van der Waals surface area contributed by atoms with E-state index in [0.29, 0.717) is 25.1 Å². The zero-order valence-electron chi connectivity index (χ0n) is 13.5. The van der Waals surface area contributed by atoms with Crippen LogP contribution in [0.2, 0.25) is 0 Å². The van der Waals surface area contributed by atoms with Crippen LogP contribution in [0.3, 0.4) is 0 Å². The van der Waals surface area contributed by atoms with Crippen molar-refractivity contribution in [3.63, 3.8) is 0 Å². The summed E-state index contributed by atoms with van der Waals surface area (Å²) in [5.41, 5.74) is 0.506. The highest BCUT2D eigenvalue weighted by molar-refractivity contribution is 7.91. The fourth-order valence-corrected chi connectivity index (χ4v) is 3.43. The van der Waals surface area contributed by atoms with Crippen LogP contribution in [-0.4, -0.2) is 45.9 Å². The Balaban J connectivity index is 2.04. The molecule has 1 aromatic rings. The molecule has 1 unspecified atom stereocenters. The van der Waals surface area contributed by atoms with Crippen molar-refractivity contribution in [1.82, 2.24) is 5.32 Å². The molecule has 1 aromatic carbocycles. The van der Waals surface area contributed by atoms with Crippen LogP contribution in [0.5, 0.6) is 0 Å². The summed E-state index contributed by atoms with van der Waals surface area (Å²) < 4.78 is 84.4. The van der Waals surface area contributed by atoms with Gasteiger partial charge in [0.1, 0.15) is 6.54 Å². The van der Waals surface area contributed by atoms with E-state index < -0.39 is 45.0 Å². The number of anilines is 1. The number of nitrogens with one attached hydrogen (secondary N) is 1. The standard InChI is InChI=1S/C15H17F5N2O3S/c16-14(17)26(24,25)12-5-3-11(4-6-12)22-7-1-2-10(8-22)13(23)21-9-15(18,19)20/h3-6,10,14H,1-2,7-9H2,(H,21,23). The molecule has 1 saturated heterocycles. The lowest BCUT2D eigenvalue weighted by Crippen LogP contribution is -2.45. The third-order valence-electron chi connectivity index (χ3n) is 4.02. The van der Waals surface area contributed by atoms with Gasteiger partial charge in [0, 0.05) is 18.8 Å². The fourth-order valence-electron chi connectivity index (χ4n) is 2.71. The minimum atomic E-state index is -4.69. The molecule has 5 nitrogen and oxygen atoms in total. The molecule has 1 aliphatic heterocycles. The maximum atomic E-state index is 12.5. The summed E-state index contributed by atoms with van der Waals surface area (Å²) in [6.45, 7) is -0.725. The third-order valence-corrected chi connectivity index (χ3v) is 5.42. The molecule has 1 amide bonds. The average Bonchev–Trinajstić information content (AvgIpc) is 2.59. The zero-order valence-corrected chi connectivity index (χ0v) is 14.3. The summed E-state index contributed by atoms with van der Waals surface area (Å²) >= 11 is 0. The van der Waals surface area contributed by atoms with Crippen LogP contribution in [-0.2, 0) is 14.6 Å². The summed E-state index contributed by atoms with van der Waals surface area (Å²) in [4.78, 5) is 13.1. The summed E-state index contributed by atoms with van der Waals surface area (Å²) in [6, 6.07) is 4.77. The number of carbonyl (C=O) groups excluding carboxylic acids is 1. The van der Waals surface area contributed by atoms with E-state index in [2.05, 4.69) is 0 Å². The quantitative estimate of drug-likeness (QED) is 0.772. The van der Waals surface area contributed by atoms with Crippen molar-refractivity contribution in [2.45, 2.75) is 29.7 Å². The largest absolute Gasteiger partial charge is 0.405 e. The van der Waals surface area contributed by atoms with E-state index >= 15 is 0 Å². The molecule has 0 spiro atoms. The highest BCUT2D eigenvalue weighted by atomic mass is 32.2. The minimum Gasteiger partial charge on any atom is -0.371 e. The number of carbonyl (C=O) groups is 1. The lowest BCUT2D eigenvalue weighted by Gasteiger charge is -2.33. The van der Waals surface area contributed by atoms with E-state index in [1.165, 1.54) is 12.1 Å². The third kappa shape index (κ3) is 5.05. The SMILES string of the molecule is O=C(NCC(F)(F)F)C1CCCN(c2ccc(S(=O)(=O)C(F)F)cc2)C1. The van der Waals surface area contributed by atoms with Gasteiger partial charge in [-0.05, 0) is 37.1 Å². The van der Waals surface area contributed by atoms with Crippen LogP contribution in [0.4, 0.5) is 27.6 Å². The predicted octanol–water partition coefficient (Wildman–Crippen LogP) is 2.58. The van der Waals surface area contributed by atoms with Crippen LogP contribution in [0.25, 0.3) is 0 Å². The van der Waals surface area contributed by atoms with Crippen molar-refractivity contribution in [3.8, 4) is 0 Å². The van der Waals surface area contributed by atoms with Gasteiger partial charge in [-0.2, -0.15) is 22.0 Å². The van der Waals surface area contributed by atoms with Crippen molar-refractivity contribution in [2.24, 2.45) is 5.92 Å². The number of hydrogen-bond donors (Lipinski definition) is 1. The Morgan fingerprint density at radius 1 is 1.23 bits per heavy atom. The first kappa shape index (κ1) is 20.4. The monoisotopic (exact) mass is 400 g/mol. The van der Waals surface area contributed by atoms with E-state index in [-0.39, 0.29) is 6.54 Å². The molecule has 1 aliphatic rings. The second-order valence-corrected chi connectivity index (χ2v) is 7.84. The highest BCUT2D eigenvalue weighted by Gasteiger charge is 2.32. The van der Waals surface area contributed by atoms with Gasteiger partial charge in [-0.3, -0.25) is 4.79 Å². The second kappa shape index (κ2) is 7.77. The zero-order chi connectivity index (χ0) is 19.5. The van der Waals surface area contributed by atoms with Gasteiger partial charge < -0.3 is 10.2 Å². The summed E-state index contributed by atoms with van der Waals surface area (Å²) in [6.07, 6.45) is -3.50. The van der Waals surface area contributed by atoms with E-state index in [9.17, 15) is 35.2 Å². The minimum absolute atomic E-state index is 0.157. The number of sulfone groups is 1. The molecule has 26 heavy (non-hydrogen) atoms. The highest BCUT2D eigenvalue weighted by Crippen LogP contribution is 2.26. The van der Waals surface area contributed by atoms with Gasteiger partial charge >= 0.3 is 11.9 Å². The van der Waals surface area contributed by atoms with E-state index in [1.807, 2.05) is 5.32 Å². The first-order valence-electron chi connectivity index (χ1n) is 7.72. The maximum Gasteiger partial charge on any atom is 0.405 e. The number of nitrogens with zero attached hydrogens (tertiary/aromatic N) is 1. The first-order chi connectivity index (χ1) is 12.0. The molecule has 0 aromatic heterocycles. The molecular weight excluding hydrogens is 383 g/mol. The summed E-state index contributed by atoms with van der Waals surface area (Å²) in [5.74, 6) is -4.87. The molecule has 11 heteroatoms. The Kier molecular flexibility index (Phi) is 6.09. The number of benzene rings is 1. The van der Waals surface area contributed by atoms with Crippen LogP contribution in [0.15, 0.2) is 29.2 Å². The number of halogens is 5. The Hall–Kier alpha value is -1.91. The van der Waals surface area contributed by atoms with Crippen LogP contribution in [0, 0.1) is 5.92 Å². The summed E-state index contributed by atoms with van der Waals surface area (Å²) in [5, 5.41) is 1.85. The molecule has 1 atom stereocenters. The van der Waals surface area contributed by atoms with Gasteiger partial charge in [0.15, 0.2) is 0 Å². The molecule has 0 radical (unpaired) electrons. The van der Waals surface area contributed by atoms with Gasteiger partial charge in [0.2, 0.25) is 15.7 Å². The van der Waals surface area contributed by atoms with Gasteiger partial charge in [-0.25, -0.2) is 8.42 Å². The fraction of sp³-hybridized carbons (Fsp3) is 0.533. The lowest BCUT2D eigenvalue weighted by atomic mass is 9.96. The number of alkyl halides is 5. The Morgan fingerprint density at radius 2 is 1.85 bits per heavy atom. The topological polar surface area (TPSA) is 66.5 Å². The van der Waals surface area contributed by atoms with Crippen LogP contribution >= 0.6 is 0 Å². The van der Waals surface area contributed by atoms with E-state index in [4.69, 9.17) is 0 Å². The van der Waals surface area contributed by atoms with Crippen LogP contribution in [0.1, 0.15) is 12.8 Å². The van der Waals surface area contributed by atoms with Crippen molar-refractivity contribution in [3.05, 3.63) is 24.3 Å². The lowest BCUT2D eigenvalue weighted by molar-refractivity contribution is -0.140. The van der Waals surface area contributed by atoms with Gasteiger partial charge in [-0.1, -0.05) is 0 Å². The van der Waals surface area contributed by atoms with Crippen molar-refractivity contribution in [1.29, 1.82) is 0 Å². The van der Waals surface area contributed by atoms with E-state index in [0.717, 1.165) is 12.1 Å². The smallest absolute Gasteiger partial charge is 0.371 e. The predicted molar refractivity (Wildman–Crippen MR) is 83.6 cm³/mol. The Bertz CT molecular complexity index is 735. The Labute approximate surface area is 147 Å². The summed E-state index contributed by atoms with van der Waals surface area (Å²) in [7, 11) is -4.69.